The van der Waals surface area contributed by atoms with Crippen molar-refractivity contribution in [1.29, 1.82) is 0 Å². The molecule has 3 aromatic rings. The monoisotopic (exact) mass is 269 g/mol. The highest BCUT2D eigenvalue weighted by Gasteiger charge is 2.19. The second-order valence-corrected chi connectivity index (χ2v) is 4.91. The van der Waals surface area contributed by atoms with E-state index in [0.717, 1.165) is 22.3 Å². The molecule has 3 rings (SSSR count). The topological polar surface area (TPSA) is 71.2 Å². The van der Waals surface area contributed by atoms with Gasteiger partial charge in [-0.05, 0) is 44.0 Å². The van der Waals surface area contributed by atoms with Crippen LogP contribution in [0, 0.1) is 20.8 Å². The van der Waals surface area contributed by atoms with Gasteiger partial charge in [0.1, 0.15) is 5.52 Å². The molecule has 0 saturated heterocycles. The largest absolute Gasteiger partial charge is 0.504 e. The molecule has 20 heavy (non-hydrogen) atoms. The first-order valence-electron chi connectivity index (χ1n) is 6.35. The van der Waals surface area contributed by atoms with Gasteiger partial charge in [0.15, 0.2) is 11.5 Å². The van der Waals surface area contributed by atoms with E-state index in [1.54, 1.807) is 18.5 Å². The Morgan fingerprint density at radius 1 is 0.900 bits per heavy atom. The predicted octanol–water partition coefficient (Wildman–Crippen LogP) is 2.76. The minimum absolute atomic E-state index is 0.0758. The number of phenolic OH excluding ortho intramolecular Hbond substituents is 2. The summed E-state index contributed by atoms with van der Waals surface area (Å²) in [6.45, 7) is 5.42. The van der Waals surface area contributed by atoms with Gasteiger partial charge in [0, 0.05) is 5.56 Å². The highest BCUT2D eigenvalue weighted by molar-refractivity contribution is 5.77. The van der Waals surface area contributed by atoms with Crippen molar-refractivity contribution in [3.63, 3.8) is 0 Å². The number of aromatic nitrogens is 3. The van der Waals surface area contributed by atoms with Crippen LogP contribution in [0.25, 0.3) is 16.7 Å². The minimum Gasteiger partial charge on any atom is -0.504 e. The third-order valence-corrected chi connectivity index (χ3v) is 3.77. The van der Waals surface area contributed by atoms with Gasteiger partial charge < -0.3 is 10.2 Å². The first-order chi connectivity index (χ1) is 9.52. The van der Waals surface area contributed by atoms with Gasteiger partial charge in [-0.1, -0.05) is 17.3 Å². The van der Waals surface area contributed by atoms with Crippen LogP contribution in [-0.2, 0) is 0 Å². The van der Waals surface area contributed by atoms with Crippen LogP contribution in [0.2, 0.25) is 0 Å². The fourth-order valence-electron chi connectivity index (χ4n) is 2.46. The summed E-state index contributed by atoms with van der Waals surface area (Å²) in [6.07, 6.45) is 0. The van der Waals surface area contributed by atoms with Crippen molar-refractivity contribution in [3.8, 4) is 17.2 Å². The number of aromatic hydroxyl groups is 2. The van der Waals surface area contributed by atoms with E-state index in [1.165, 1.54) is 0 Å². The van der Waals surface area contributed by atoms with E-state index in [4.69, 9.17) is 0 Å². The molecule has 1 aromatic heterocycles. The lowest BCUT2D eigenvalue weighted by molar-refractivity contribution is 0.397. The fourth-order valence-corrected chi connectivity index (χ4v) is 2.46. The van der Waals surface area contributed by atoms with Gasteiger partial charge in [0.05, 0.1) is 11.2 Å². The number of benzene rings is 2. The summed E-state index contributed by atoms with van der Waals surface area (Å²) in [4.78, 5) is 0. The lowest BCUT2D eigenvalue weighted by Gasteiger charge is -2.16. The molecule has 0 aliphatic rings. The molecule has 1 heterocycles. The van der Waals surface area contributed by atoms with Gasteiger partial charge in [-0.3, -0.25) is 0 Å². The van der Waals surface area contributed by atoms with Crippen molar-refractivity contribution < 1.29 is 10.2 Å². The first kappa shape index (κ1) is 12.5. The van der Waals surface area contributed by atoms with Gasteiger partial charge in [-0.2, -0.15) is 0 Å². The molecule has 0 aliphatic heterocycles. The van der Waals surface area contributed by atoms with Gasteiger partial charge in [0.25, 0.3) is 0 Å². The molecule has 0 unspecified atom stereocenters. The summed E-state index contributed by atoms with van der Waals surface area (Å²) < 4.78 is 1.70. The lowest BCUT2D eigenvalue weighted by atomic mass is 10.0. The van der Waals surface area contributed by atoms with E-state index in [2.05, 4.69) is 10.3 Å². The van der Waals surface area contributed by atoms with Crippen molar-refractivity contribution >= 4 is 11.0 Å². The Morgan fingerprint density at radius 3 is 2.30 bits per heavy atom. The molecule has 0 atom stereocenters. The standard InChI is InChI=1S/C15H15N3O2/c1-8-9(2)14(19)15(20)10(3)13(8)18-12-7-5-4-6-11(12)16-17-18/h4-7,19-20H,1-3H3. The molecule has 0 fully saturated rings. The Balaban J connectivity index is 2.41. The quantitative estimate of drug-likeness (QED) is 0.666. The second-order valence-electron chi connectivity index (χ2n) is 4.91. The highest BCUT2D eigenvalue weighted by atomic mass is 16.3. The Hall–Kier alpha value is -2.56. The maximum atomic E-state index is 10.1. The Kier molecular flexibility index (Phi) is 2.64. The van der Waals surface area contributed by atoms with Crippen LogP contribution in [0.3, 0.4) is 0 Å². The maximum Gasteiger partial charge on any atom is 0.162 e. The molecule has 5 heteroatoms. The van der Waals surface area contributed by atoms with E-state index < -0.39 is 0 Å². The van der Waals surface area contributed by atoms with Gasteiger partial charge in [-0.15, -0.1) is 5.10 Å². The number of phenols is 2. The SMILES string of the molecule is Cc1c(C)c(-n2nnc3ccccc32)c(C)c(O)c1O. The summed E-state index contributed by atoms with van der Waals surface area (Å²) in [5.41, 5.74) is 4.50. The molecule has 2 N–H and O–H groups in total. The number of para-hydroxylation sites is 1. The summed E-state index contributed by atoms with van der Waals surface area (Å²) in [5, 5.41) is 28.3. The normalized spacial score (nSPS) is 11.2. The summed E-state index contributed by atoms with van der Waals surface area (Å²) >= 11 is 0. The molecular weight excluding hydrogens is 254 g/mol. The zero-order valence-corrected chi connectivity index (χ0v) is 11.5. The van der Waals surface area contributed by atoms with Crippen LogP contribution in [-0.4, -0.2) is 25.2 Å². The third-order valence-electron chi connectivity index (χ3n) is 3.77. The van der Waals surface area contributed by atoms with Crippen LogP contribution in [0.5, 0.6) is 11.5 Å². The number of hydrogen-bond donors (Lipinski definition) is 2. The highest BCUT2D eigenvalue weighted by Crippen LogP contribution is 2.39. The van der Waals surface area contributed by atoms with Crippen LogP contribution in [0.4, 0.5) is 0 Å². The maximum absolute atomic E-state index is 10.1. The zero-order valence-electron chi connectivity index (χ0n) is 11.5. The van der Waals surface area contributed by atoms with Crippen molar-refractivity contribution in [1.82, 2.24) is 15.0 Å². The summed E-state index contributed by atoms with van der Waals surface area (Å²) in [5.74, 6) is -0.184. The molecular formula is C15H15N3O2. The first-order valence-corrected chi connectivity index (χ1v) is 6.35. The molecule has 0 spiro atoms. The Bertz CT molecular complexity index is 792. The Labute approximate surface area is 116 Å². The van der Waals surface area contributed by atoms with Crippen molar-refractivity contribution in [3.05, 3.63) is 41.0 Å². The van der Waals surface area contributed by atoms with E-state index in [0.29, 0.717) is 11.1 Å². The summed E-state index contributed by atoms with van der Waals surface area (Å²) in [7, 11) is 0. The van der Waals surface area contributed by atoms with Crippen LogP contribution in [0.1, 0.15) is 16.7 Å². The molecule has 0 amide bonds. The average molecular weight is 269 g/mol. The smallest absolute Gasteiger partial charge is 0.162 e. The van der Waals surface area contributed by atoms with E-state index in [1.807, 2.05) is 31.2 Å². The van der Waals surface area contributed by atoms with E-state index >= 15 is 0 Å². The van der Waals surface area contributed by atoms with Crippen molar-refractivity contribution in [2.24, 2.45) is 0 Å². The molecule has 2 aromatic carbocycles. The molecule has 0 saturated carbocycles. The Morgan fingerprint density at radius 2 is 1.55 bits per heavy atom. The van der Waals surface area contributed by atoms with Crippen molar-refractivity contribution in [2.75, 3.05) is 0 Å². The molecule has 102 valence electrons. The number of rotatable bonds is 1. The molecule has 5 nitrogen and oxygen atoms in total. The van der Waals surface area contributed by atoms with Gasteiger partial charge in [0.2, 0.25) is 0 Å². The fraction of sp³-hybridized carbons (Fsp3) is 0.200. The molecule has 0 aliphatic carbocycles. The van der Waals surface area contributed by atoms with Crippen LogP contribution < -0.4 is 0 Å². The lowest BCUT2D eigenvalue weighted by Crippen LogP contribution is -2.04. The third kappa shape index (κ3) is 1.56. The van der Waals surface area contributed by atoms with Gasteiger partial charge >= 0.3 is 0 Å². The second kappa shape index (κ2) is 4.23. The molecule has 0 bridgehead atoms. The molecule has 0 radical (unpaired) electrons. The van der Waals surface area contributed by atoms with Crippen LogP contribution in [0.15, 0.2) is 24.3 Å². The number of fused-ring (bicyclic) bond motifs is 1. The van der Waals surface area contributed by atoms with Crippen molar-refractivity contribution in [2.45, 2.75) is 20.8 Å². The van der Waals surface area contributed by atoms with E-state index in [9.17, 15) is 10.2 Å². The van der Waals surface area contributed by atoms with Crippen LogP contribution >= 0.6 is 0 Å². The van der Waals surface area contributed by atoms with E-state index in [-0.39, 0.29) is 11.5 Å². The zero-order chi connectivity index (χ0) is 14.4. The minimum atomic E-state index is -0.109. The number of hydrogen-bond acceptors (Lipinski definition) is 4. The van der Waals surface area contributed by atoms with Gasteiger partial charge in [-0.25, -0.2) is 4.68 Å². The number of nitrogens with zero attached hydrogens (tertiary/aromatic N) is 3. The predicted molar refractivity (Wildman–Crippen MR) is 76.4 cm³/mol. The summed E-state index contributed by atoms with van der Waals surface area (Å²) in [6, 6.07) is 7.63. The average Bonchev–Trinajstić information content (AvgIpc) is 2.87.